The summed E-state index contributed by atoms with van der Waals surface area (Å²) in [5, 5.41) is 13.9. The number of aromatic amines is 1. The van der Waals surface area contributed by atoms with Gasteiger partial charge in [0.15, 0.2) is 0 Å². The molecule has 2 aromatic heterocycles. The van der Waals surface area contributed by atoms with Crippen molar-refractivity contribution in [3.05, 3.63) is 65.2 Å². The summed E-state index contributed by atoms with van der Waals surface area (Å²) in [7, 11) is 0. The zero-order valence-electron chi connectivity index (χ0n) is 18.4. The molecule has 9 heteroatoms. The van der Waals surface area contributed by atoms with Crippen LogP contribution in [0.25, 0.3) is 0 Å². The van der Waals surface area contributed by atoms with Crippen LogP contribution >= 0.6 is 0 Å². The Bertz CT molecular complexity index is 1090. The highest BCUT2D eigenvalue weighted by molar-refractivity contribution is 5.94. The third-order valence-electron chi connectivity index (χ3n) is 7.12. The van der Waals surface area contributed by atoms with Gasteiger partial charge in [0.25, 0.3) is 5.91 Å². The van der Waals surface area contributed by atoms with Crippen LogP contribution in [-0.2, 0) is 24.0 Å². The topological polar surface area (TPSA) is 109 Å². The van der Waals surface area contributed by atoms with Crippen LogP contribution in [-0.4, -0.2) is 68.0 Å². The predicted octanol–water partition coefficient (Wildman–Crippen LogP) is 2.04. The smallest absolute Gasteiger partial charge is 0.257 e. The molecule has 3 heterocycles. The number of carbonyl (C=O) groups is 1. The molecule has 6 rings (SSSR count). The van der Waals surface area contributed by atoms with Crippen LogP contribution in [0.4, 0.5) is 5.95 Å². The molecule has 3 aromatic rings. The first kappa shape index (κ1) is 20.3. The quantitative estimate of drug-likeness (QED) is 0.573. The fourth-order valence-electron chi connectivity index (χ4n) is 5.40. The summed E-state index contributed by atoms with van der Waals surface area (Å²) in [6.07, 6.45) is 10.0. The Labute approximate surface area is 192 Å². The van der Waals surface area contributed by atoms with Gasteiger partial charge in [0.2, 0.25) is 5.95 Å². The third-order valence-corrected chi connectivity index (χ3v) is 7.12. The van der Waals surface area contributed by atoms with Crippen molar-refractivity contribution in [3.8, 4) is 0 Å². The largest absolute Gasteiger partial charge is 0.378 e. The number of hydrogen-bond acceptors (Lipinski definition) is 7. The van der Waals surface area contributed by atoms with E-state index in [1.54, 1.807) is 18.6 Å². The summed E-state index contributed by atoms with van der Waals surface area (Å²) in [6.45, 7) is 2.23. The van der Waals surface area contributed by atoms with Crippen molar-refractivity contribution in [2.75, 3.05) is 25.0 Å². The van der Waals surface area contributed by atoms with Crippen LogP contribution in [0, 0.1) is 5.41 Å². The predicted molar refractivity (Wildman–Crippen MR) is 121 cm³/mol. The minimum atomic E-state index is 0.0100. The molecule has 0 radical (unpaired) electrons. The Kier molecular flexibility index (Phi) is 5.05. The first-order valence-electron chi connectivity index (χ1n) is 11.6. The highest BCUT2D eigenvalue weighted by Gasteiger charge is 2.54. The third kappa shape index (κ3) is 4.08. The Morgan fingerprint density at radius 3 is 2.52 bits per heavy atom. The molecule has 2 N–H and O–H groups in total. The van der Waals surface area contributed by atoms with Crippen LogP contribution in [0.2, 0.25) is 0 Å². The normalized spacial score (nSPS) is 19.2. The number of fused-ring (bicyclic) bond motifs is 1. The second-order valence-corrected chi connectivity index (χ2v) is 9.59. The van der Waals surface area contributed by atoms with Crippen molar-refractivity contribution < 1.29 is 9.53 Å². The lowest BCUT2D eigenvalue weighted by atomic mass is 9.61. The number of H-pyrrole nitrogens is 1. The second kappa shape index (κ2) is 8.22. The fraction of sp³-hybridized carbons (Fsp3) is 0.458. The van der Waals surface area contributed by atoms with E-state index in [9.17, 15) is 4.79 Å². The maximum atomic E-state index is 12.8. The summed E-state index contributed by atoms with van der Waals surface area (Å²) >= 11 is 0. The number of ether oxygens (including phenoxy) is 1. The van der Waals surface area contributed by atoms with Crippen molar-refractivity contribution in [2.24, 2.45) is 5.41 Å². The lowest BCUT2D eigenvalue weighted by Crippen LogP contribution is -2.65. The molecule has 33 heavy (non-hydrogen) atoms. The number of rotatable bonds is 7. The molecular formula is C24H27N7O2. The molecule has 1 aliphatic heterocycles. The maximum Gasteiger partial charge on any atom is 0.257 e. The van der Waals surface area contributed by atoms with Crippen LogP contribution < -0.4 is 5.32 Å². The number of hydrogen-bond donors (Lipinski definition) is 2. The van der Waals surface area contributed by atoms with Gasteiger partial charge in [-0.3, -0.25) is 4.79 Å². The van der Waals surface area contributed by atoms with E-state index in [4.69, 9.17) is 4.74 Å². The van der Waals surface area contributed by atoms with Crippen LogP contribution in [0.5, 0.6) is 0 Å². The summed E-state index contributed by atoms with van der Waals surface area (Å²) < 4.78 is 5.94. The summed E-state index contributed by atoms with van der Waals surface area (Å²) in [5.74, 6) is 0.588. The van der Waals surface area contributed by atoms with E-state index in [0.29, 0.717) is 24.2 Å². The van der Waals surface area contributed by atoms with Gasteiger partial charge in [-0.25, -0.2) is 9.97 Å². The first-order valence-corrected chi connectivity index (χ1v) is 11.6. The highest BCUT2D eigenvalue weighted by Crippen LogP contribution is 2.49. The van der Waals surface area contributed by atoms with E-state index in [0.717, 1.165) is 50.9 Å². The number of nitrogens with one attached hydrogen (secondary N) is 2. The molecule has 3 aliphatic rings. The summed E-state index contributed by atoms with van der Waals surface area (Å²) in [6, 6.07) is 8.80. The monoisotopic (exact) mass is 445 g/mol. The van der Waals surface area contributed by atoms with Gasteiger partial charge in [0.1, 0.15) is 0 Å². The molecule has 1 aromatic carbocycles. The Balaban J connectivity index is 0.946. The fourth-order valence-corrected chi connectivity index (χ4v) is 5.40. The molecule has 0 unspecified atom stereocenters. The van der Waals surface area contributed by atoms with E-state index in [1.807, 2.05) is 4.90 Å². The van der Waals surface area contributed by atoms with Gasteiger partial charge >= 0.3 is 0 Å². The summed E-state index contributed by atoms with van der Waals surface area (Å²) in [4.78, 5) is 23.5. The zero-order valence-corrected chi connectivity index (χ0v) is 18.4. The van der Waals surface area contributed by atoms with Crippen molar-refractivity contribution in [1.29, 1.82) is 0 Å². The maximum absolute atomic E-state index is 12.8. The average Bonchev–Trinajstić information content (AvgIpc) is 3.43. The molecule has 0 atom stereocenters. The number of benzene rings is 1. The van der Waals surface area contributed by atoms with Gasteiger partial charge in [-0.1, -0.05) is 24.3 Å². The van der Waals surface area contributed by atoms with Crippen molar-refractivity contribution in [3.63, 3.8) is 0 Å². The molecule has 1 saturated heterocycles. The van der Waals surface area contributed by atoms with E-state index in [1.165, 1.54) is 11.1 Å². The molecule has 1 saturated carbocycles. The lowest BCUT2D eigenvalue weighted by Gasteiger charge is -2.58. The standard InChI is InChI=1S/C24H27N7O2/c32-22(31-14-24(15-31)9-21(10-24)33-6-5-19-13-27-30-29-19)18-11-25-23(26-12-18)28-20-7-16-3-1-2-4-17(16)8-20/h1-4,11-13,20-21H,5-10,14-15H2,(H,25,26,28)(H,27,29,30). The number of amides is 1. The van der Waals surface area contributed by atoms with Crippen molar-refractivity contribution >= 4 is 11.9 Å². The molecule has 2 fully saturated rings. The Morgan fingerprint density at radius 1 is 1.12 bits per heavy atom. The van der Waals surface area contributed by atoms with Crippen molar-refractivity contribution in [2.45, 2.75) is 44.2 Å². The molecule has 170 valence electrons. The van der Waals surface area contributed by atoms with Gasteiger partial charge < -0.3 is 15.0 Å². The highest BCUT2D eigenvalue weighted by atomic mass is 16.5. The number of nitrogens with zero attached hydrogens (tertiary/aromatic N) is 5. The van der Waals surface area contributed by atoms with E-state index in [2.05, 4.69) is 55.0 Å². The van der Waals surface area contributed by atoms with Gasteiger partial charge in [0, 0.05) is 43.4 Å². The van der Waals surface area contributed by atoms with Crippen LogP contribution in [0.3, 0.4) is 0 Å². The minimum Gasteiger partial charge on any atom is -0.378 e. The summed E-state index contributed by atoms with van der Waals surface area (Å²) in [5.41, 5.74) is 4.46. The average molecular weight is 446 g/mol. The van der Waals surface area contributed by atoms with E-state index < -0.39 is 0 Å². The Morgan fingerprint density at radius 2 is 1.85 bits per heavy atom. The first-order chi connectivity index (χ1) is 16.2. The van der Waals surface area contributed by atoms with E-state index in [-0.39, 0.29) is 17.4 Å². The van der Waals surface area contributed by atoms with E-state index >= 15 is 0 Å². The van der Waals surface area contributed by atoms with Gasteiger partial charge in [-0.2, -0.15) is 15.4 Å². The molecule has 9 nitrogen and oxygen atoms in total. The minimum absolute atomic E-state index is 0.0100. The zero-order chi connectivity index (χ0) is 22.3. The number of likely N-dealkylation sites (tertiary alicyclic amines) is 1. The molecule has 0 bridgehead atoms. The molecule has 1 amide bonds. The van der Waals surface area contributed by atoms with Gasteiger partial charge in [-0.15, -0.1) is 0 Å². The lowest BCUT2D eigenvalue weighted by molar-refractivity contribution is -0.138. The second-order valence-electron chi connectivity index (χ2n) is 9.59. The van der Waals surface area contributed by atoms with Gasteiger partial charge in [0.05, 0.1) is 30.2 Å². The number of anilines is 1. The number of aromatic nitrogens is 5. The SMILES string of the molecule is O=C(c1cnc(NC2Cc3ccccc3C2)nc1)N1CC2(CC(OCCc3cn[nH]n3)C2)C1. The van der Waals surface area contributed by atoms with Gasteiger partial charge in [-0.05, 0) is 36.8 Å². The van der Waals surface area contributed by atoms with Crippen molar-refractivity contribution in [1.82, 2.24) is 30.3 Å². The molecule has 1 spiro atoms. The van der Waals surface area contributed by atoms with Crippen LogP contribution in [0.1, 0.15) is 40.0 Å². The van der Waals surface area contributed by atoms with Crippen LogP contribution in [0.15, 0.2) is 42.9 Å². The Hall–Kier alpha value is -3.33. The molecular weight excluding hydrogens is 418 g/mol. The molecule has 2 aliphatic carbocycles. The number of carbonyl (C=O) groups excluding carboxylic acids is 1.